The molecule has 3 nitrogen and oxygen atoms in total. The van der Waals surface area contributed by atoms with Crippen LogP contribution in [-0.4, -0.2) is 18.4 Å². The molecule has 1 aromatic rings. The van der Waals surface area contributed by atoms with Crippen LogP contribution in [0.25, 0.3) is 0 Å². The van der Waals surface area contributed by atoms with Gasteiger partial charge in [-0.25, -0.2) is 0 Å². The lowest BCUT2D eigenvalue weighted by Gasteiger charge is -2.20. The molecule has 1 aliphatic rings. The van der Waals surface area contributed by atoms with Gasteiger partial charge >= 0.3 is 12.4 Å². The average Bonchev–Trinajstić information content (AvgIpc) is 2.84. The molecule has 2 rings (SSSR count). The summed E-state index contributed by atoms with van der Waals surface area (Å²) in [6.07, 6.45) is -9.82. The van der Waals surface area contributed by atoms with E-state index in [9.17, 15) is 26.3 Å². The molecule has 0 saturated carbocycles. The van der Waals surface area contributed by atoms with E-state index in [0.29, 0.717) is 12.1 Å². The molecule has 0 fully saturated rings. The minimum atomic E-state index is -4.91. The number of rotatable bonds is 2. The maximum absolute atomic E-state index is 12.7. The Morgan fingerprint density at radius 3 is 2.00 bits per heavy atom. The summed E-state index contributed by atoms with van der Waals surface area (Å²) in [6.45, 7) is -0.305. The fourth-order valence-corrected chi connectivity index (χ4v) is 1.89. The number of anilines is 1. The predicted molar refractivity (Wildman–Crippen MR) is 63.0 cm³/mol. The first-order valence-corrected chi connectivity index (χ1v) is 5.98. The summed E-state index contributed by atoms with van der Waals surface area (Å²) < 4.78 is 76.4. The molecule has 0 N–H and O–H groups in total. The summed E-state index contributed by atoms with van der Waals surface area (Å²) in [5, 5.41) is 3.44. The van der Waals surface area contributed by atoms with Crippen LogP contribution >= 0.6 is 11.6 Å². The third-order valence-corrected chi connectivity index (χ3v) is 2.91. The van der Waals surface area contributed by atoms with Crippen LogP contribution in [0.1, 0.15) is 11.1 Å². The zero-order chi connectivity index (χ0) is 15.8. The van der Waals surface area contributed by atoms with Crippen molar-refractivity contribution in [1.29, 1.82) is 0 Å². The van der Waals surface area contributed by atoms with Crippen molar-refractivity contribution in [3.8, 4) is 0 Å². The van der Waals surface area contributed by atoms with Gasteiger partial charge in [-0.15, -0.1) is 11.6 Å². The van der Waals surface area contributed by atoms with Gasteiger partial charge in [0, 0.05) is 5.69 Å². The van der Waals surface area contributed by atoms with Crippen molar-refractivity contribution in [2.24, 2.45) is 5.16 Å². The molecular weight excluding hydrogens is 326 g/mol. The molecule has 116 valence electrons. The zero-order valence-corrected chi connectivity index (χ0v) is 10.9. The maximum atomic E-state index is 12.7. The number of amidine groups is 1. The summed E-state index contributed by atoms with van der Waals surface area (Å²) in [5.41, 5.74) is -3.16. The molecule has 0 saturated heterocycles. The highest BCUT2D eigenvalue weighted by molar-refractivity contribution is 6.30. The summed E-state index contributed by atoms with van der Waals surface area (Å²) in [7, 11) is 0. The Morgan fingerprint density at radius 2 is 1.57 bits per heavy atom. The van der Waals surface area contributed by atoms with Crippen LogP contribution in [0.15, 0.2) is 23.4 Å². The first-order valence-electron chi connectivity index (χ1n) is 5.45. The molecule has 0 aliphatic carbocycles. The monoisotopic (exact) mass is 332 g/mol. The van der Waals surface area contributed by atoms with Crippen LogP contribution in [0, 0.1) is 0 Å². The van der Waals surface area contributed by atoms with Crippen molar-refractivity contribution in [3.05, 3.63) is 29.3 Å². The quantitative estimate of drug-likeness (QED) is 0.602. The summed E-state index contributed by atoms with van der Waals surface area (Å²) in [4.78, 5) is 5.67. The normalized spacial score (nSPS) is 16.0. The minimum Gasteiger partial charge on any atom is -0.372 e. The molecule has 10 heteroatoms. The van der Waals surface area contributed by atoms with E-state index in [1.807, 2.05) is 0 Å². The molecule has 0 bridgehead atoms. The standard InChI is InChI=1S/C11H7ClF6N2O/c12-4-9-19-21-5-20(9)8-2-6(10(13,14)15)1-7(3-8)11(16,17)18/h1-3H,4-5H2. The molecule has 1 aliphatic heterocycles. The van der Waals surface area contributed by atoms with Gasteiger partial charge in [-0.05, 0) is 18.2 Å². The zero-order valence-electron chi connectivity index (χ0n) is 10.1. The Balaban J connectivity index is 2.53. The van der Waals surface area contributed by atoms with Crippen LogP contribution in [0.2, 0.25) is 0 Å². The van der Waals surface area contributed by atoms with Gasteiger partial charge < -0.3 is 4.84 Å². The highest BCUT2D eigenvalue weighted by Gasteiger charge is 2.38. The van der Waals surface area contributed by atoms with Gasteiger partial charge in [-0.2, -0.15) is 26.3 Å². The van der Waals surface area contributed by atoms with Gasteiger partial charge in [0.1, 0.15) is 0 Å². The second-order valence-electron chi connectivity index (χ2n) is 4.09. The Bertz CT molecular complexity index is 537. The van der Waals surface area contributed by atoms with Crippen LogP contribution in [0.3, 0.4) is 0 Å². The van der Waals surface area contributed by atoms with Crippen molar-refractivity contribution in [3.63, 3.8) is 0 Å². The SMILES string of the molecule is FC(F)(F)c1cc(N2CON=C2CCl)cc(C(F)(F)F)c1. The Kier molecular flexibility index (Phi) is 3.96. The summed E-state index contributed by atoms with van der Waals surface area (Å²) in [5.74, 6) is -0.179. The highest BCUT2D eigenvalue weighted by atomic mass is 35.5. The van der Waals surface area contributed by atoms with Crippen molar-refractivity contribution in [2.45, 2.75) is 12.4 Å². The summed E-state index contributed by atoms with van der Waals surface area (Å²) in [6, 6.07) is 1.23. The van der Waals surface area contributed by atoms with Gasteiger partial charge in [0.2, 0.25) is 0 Å². The van der Waals surface area contributed by atoms with E-state index in [0.717, 1.165) is 4.90 Å². The lowest BCUT2D eigenvalue weighted by Crippen LogP contribution is -2.29. The van der Waals surface area contributed by atoms with E-state index in [-0.39, 0.29) is 30.2 Å². The first kappa shape index (κ1) is 15.7. The number of benzene rings is 1. The number of alkyl halides is 7. The van der Waals surface area contributed by atoms with Crippen molar-refractivity contribution in [2.75, 3.05) is 17.5 Å². The fourth-order valence-electron chi connectivity index (χ4n) is 1.70. The third-order valence-electron chi connectivity index (χ3n) is 2.67. The van der Waals surface area contributed by atoms with Crippen LogP contribution < -0.4 is 4.90 Å². The summed E-state index contributed by atoms with van der Waals surface area (Å²) >= 11 is 5.51. The molecule has 0 amide bonds. The second kappa shape index (κ2) is 5.28. The maximum Gasteiger partial charge on any atom is 0.416 e. The van der Waals surface area contributed by atoms with Crippen LogP contribution in [0.5, 0.6) is 0 Å². The molecule has 0 radical (unpaired) electrons. The Labute approximate surface area is 119 Å². The average molecular weight is 333 g/mol. The van der Waals surface area contributed by atoms with E-state index >= 15 is 0 Å². The molecular formula is C11H7ClF6N2O. The smallest absolute Gasteiger partial charge is 0.372 e. The van der Waals surface area contributed by atoms with E-state index < -0.39 is 23.5 Å². The molecule has 0 spiro atoms. The lowest BCUT2D eigenvalue weighted by atomic mass is 10.1. The van der Waals surface area contributed by atoms with Gasteiger partial charge in [-0.1, -0.05) is 5.16 Å². The number of nitrogens with zero attached hydrogens (tertiary/aromatic N) is 2. The van der Waals surface area contributed by atoms with Gasteiger partial charge in [0.25, 0.3) is 0 Å². The molecule has 21 heavy (non-hydrogen) atoms. The van der Waals surface area contributed by atoms with Gasteiger partial charge in [0.15, 0.2) is 12.6 Å². The Morgan fingerprint density at radius 1 is 1.05 bits per heavy atom. The largest absolute Gasteiger partial charge is 0.416 e. The fraction of sp³-hybridized carbons (Fsp3) is 0.364. The third kappa shape index (κ3) is 3.34. The lowest BCUT2D eigenvalue weighted by molar-refractivity contribution is -0.143. The predicted octanol–water partition coefficient (Wildman–Crippen LogP) is 4.07. The van der Waals surface area contributed by atoms with E-state index in [1.54, 1.807) is 0 Å². The molecule has 0 aromatic heterocycles. The molecule has 0 atom stereocenters. The van der Waals surface area contributed by atoms with Crippen LogP contribution in [-0.2, 0) is 17.2 Å². The van der Waals surface area contributed by atoms with E-state index in [4.69, 9.17) is 11.6 Å². The van der Waals surface area contributed by atoms with Crippen LogP contribution in [0.4, 0.5) is 32.0 Å². The minimum absolute atomic E-state index is 0.0316. The number of hydrogen-bond acceptors (Lipinski definition) is 3. The van der Waals surface area contributed by atoms with E-state index in [1.165, 1.54) is 0 Å². The van der Waals surface area contributed by atoms with Crippen molar-refractivity contribution in [1.82, 2.24) is 0 Å². The molecule has 0 unspecified atom stereocenters. The second-order valence-corrected chi connectivity index (χ2v) is 4.36. The van der Waals surface area contributed by atoms with E-state index in [2.05, 4.69) is 9.99 Å². The number of oxime groups is 1. The number of hydrogen-bond donors (Lipinski definition) is 0. The van der Waals surface area contributed by atoms with Gasteiger partial charge in [-0.3, -0.25) is 4.90 Å². The molecule has 1 aromatic carbocycles. The Hall–Kier alpha value is -1.64. The highest BCUT2D eigenvalue weighted by Crippen LogP contribution is 2.38. The molecule has 1 heterocycles. The number of halogens is 7. The van der Waals surface area contributed by atoms with Crippen molar-refractivity contribution >= 4 is 23.1 Å². The van der Waals surface area contributed by atoms with Crippen molar-refractivity contribution < 1.29 is 31.2 Å². The topological polar surface area (TPSA) is 24.8 Å². The van der Waals surface area contributed by atoms with Gasteiger partial charge in [0.05, 0.1) is 17.0 Å². The first-order chi connectivity index (χ1) is 9.63.